The molecule has 1 N–H and O–H groups in total. The summed E-state index contributed by atoms with van der Waals surface area (Å²) in [6, 6.07) is 0.268. The van der Waals surface area contributed by atoms with Crippen LogP contribution in [0.25, 0.3) is 0 Å². The summed E-state index contributed by atoms with van der Waals surface area (Å²) in [6.45, 7) is -0.0504. The molecule has 0 heterocycles. The van der Waals surface area contributed by atoms with E-state index < -0.39 is 40.7 Å². The van der Waals surface area contributed by atoms with Crippen molar-refractivity contribution < 1.29 is 32.3 Å². The van der Waals surface area contributed by atoms with Crippen LogP contribution in [0, 0.1) is 23.3 Å². The van der Waals surface area contributed by atoms with Crippen molar-refractivity contribution in [3.63, 3.8) is 0 Å². The molecule has 0 bridgehead atoms. The van der Waals surface area contributed by atoms with Crippen LogP contribution in [0.15, 0.2) is 6.07 Å². The van der Waals surface area contributed by atoms with Gasteiger partial charge in [0.2, 0.25) is 0 Å². The van der Waals surface area contributed by atoms with Crippen LogP contribution < -0.4 is 0 Å². The summed E-state index contributed by atoms with van der Waals surface area (Å²) in [4.78, 5) is 22.9. The van der Waals surface area contributed by atoms with Crippen LogP contribution in [0.1, 0.15) is 23.2 Å². The molecule has 4 nitrogen and oxygen atoms in total. The maximum atomic E-state index is 13.4. The van der Waals surface area contributed by atoms with Gasteiger partial charge in [0.15, 0.2) is 23.3 Å². The van der Waals surface area contributed by atoms with Crippen LogP contribution in [0.3, 0.4) is 0 Å². The number of halogens is 4. The summed E-state index contributed by atoms with van der Waals surface area (Å²) in [7, 11) is 1.21. The molecule has 0 saturated carbocycles. The molecule has 1 amide bonds. The lowest BCUT2D eigenvalue weighted by Gasteiger charge is -2.17. The van der Waals surface area contributed by atoms with E-state index in [-0.39, 0.29) is 25.5 Å². The van der Waals surface area contributed by atoms with E-state index in [2.05, 4.69) is 0 Å². The third kappa shape index (κ3) is 3.46. The topological polar surface area (TPSA) is 57.6 Å². The average molecular weight is 293 g/mol. The number of nitrogens with zero attached hydrogens (tertiary/aromatic N) is 1. The minimum atomic E-state index is -2.06. The van der Waals surface area contributed by atoms with Crippen molar-refractivity contribution in [2.75, 3.05) is 13.6 Å². The number of carboxylic acid groups (broad SMARTS) is 1. The van der Waals surface area contributed by atoms with Gasteiger partial charge in [-0.3, -0.25) is 9.59 Å². The summed E-state index contributed by atoms with van der Waals surface area (Å²) >= 11 is 0. The SMILES string of the molecule is CN(CCCC(=O)O)C(=O)c1cc(F)c(F)c(F)c1F. The lowest BCUT2D eigenvalue weighted by atomic mass is 10.1. The van der Waals surface area contributed by atoms with Gasteiger partial charge >= 0.3 is 5.97 Å². The van der Waals surface area contributed by atoms with E-state index in [0.717, 1.165) is 4.90 Å². The molecule has 1 rings (SSSR count). The zero-order valence-electron chi connectivity index (χ0n) is 10.4. The lowest BCUT2D eigenvalue weighted by molar-refractivity contribution is -0.137. The highest BCUT2D eigenvalue weighted by atomic mass is 19.2. The van der Waals surface area contributed by atoms with E-state index in [4.69, 9.17) is 5.11 Å². The summed E-state index contributed by atoms with van der Waals surface area (Å²) in [5.41, 5.74) is -0.945. The Kier molecular flexibility index (Phi) is 5.06. The molecule has 0 spiro atoms. The molecule has 110 valence electrons. The standard InChI is InChI=1S/C12H11F4NO3/c1-17(4-2-3-8(18)19)12(20)6-5-7(13)10(15)11(16)9(6)14/h5H,2-4H2,1H3,(H,18,19). The zero-order valence-corrected chi connectivity index (χ0v) is 10.4. The monoisotopic (exact) mass is 293 g/mol. The van der Waals surface area contributed by atoms with E-state index in [1.54, 1.807) is 0 Å². The Morgan fingerprint density at radius 2 is 1.75 bits per heavy atom. The Balaban J connectivity index is 2.89. The minimum Gasteiger partial charge on any atom is -0.481 e. The zero-order chi connectivity index (χ0) is 15.4. The molecule has 0 aliphatic rings. The summed E-state index contributed by atoms with van der Waals surface area (Å²) in [6.07, 6.45) is -0.127. The van der Waals surface area contributed by atoms with Crippen molar-refractivity contribution in [3.05, 3.63) is 34.9 Å². The first-order chi connectivity index (χ1) is 9.25. The summed E-state index contributed by atoms with van der Waals surface area (Å²) in [5, 5.41) is 8.43. The Bertz CT molecular complexity index is 548. The van der Waals surface area contributed by atoms with Gasteiger partial charge in [-0.15, -0.1) is 0 Å². The molecule has 1 aromatic rings. The largest absolute Gasteiger partial charge is 0.481 e. The number of rotatable bonds is 5. The number of benzene rings is 1. The van der Waals surface area contributed by atoms with Crippen molar-refractivity contribution in [1.29, 1.82) is 0 Å². The number of hydrogen-bond donors (Lipinski definition) is 1. The molecule has 8 heteroatoms. The van der Waals surface area contributed by atoms with Gasteiger partial charge in [-0.25, -0.2) is 17.6 Å². The number of hydrogen-bond acceptors (Lipinski definition) is 2. The average Bonchev–Trinajstić information content (AvgIpc) is 2.39. The van der Waals surface area contributed by atoms with Gasteiger partial charge in [0.1, 0.15) is 0 Å². The lowest BCUT2D eigenvalue weighted by Crippen LogP contribution is -2.29. The van der Waals surface area contributed by atoms with Crippen LogP contribution in [0.4, 0.5) is 17.6 Å². The number of carbonyl (C=O) groups is 2. The Hall–Kier alpha value is -2.12. The Morgan fingerprint density at radius 3 is 2.30 bits per heavy atom. The van der Waals surface area contributed by atoms with Gasteiger partial charge in [0, 0.05) is 20.0 Å². The van der Waals surface area contributed by atoms with Gasteiger partial charge in [0.25, 0.3) is 5.91 Å². The number of aliphatic carboxylic acids is 1. The summed E-state index contributed by atoms with van der Waals surface area (Å²) < 4.78 is 52.1. The number of amides is 1. The smallest absolute Gasteiger partial charge is 0.303 e. The first-order valence-electron chi connectivity index (χ1n) is 5.56. The van der Waals surface area contributed by atoms with E-state index in [0.29, 0.717) is 0 Å². The van der Waals surface area contributed by atoms with Gasteiger partial charge < -0.3 is 10.0 Å². The third-order valence-corrected chi connectivity index (χ3v) is 2.56. The van der Waals surface area contributed by atoms with Crippen LogP contribution in [0.2, 0.25) is 0 Å². The highest BCUT2D eigenvalue weighted by Crippen LogP contribution is 2.19. The molecule has 0 radical (unpaired) electrons. The van der Waals surface area contributed by atoms with Crippen LogP contribution in [-0.2, 0) is 4.79 Å². The molecule has 0 unspecified atom stereocenters. The van der Waals surface area contributed by atoms with Gasteiger partial charge in [0.05, 0.1) is 5.56 Å². The van der Waals surface area contributed by atoms with E-state index >= 15 is 0 Å². The molecule has 1 aromatic carbocycles. The Labute approximate surface area is 111 Å². The first kappa shape index (κ1) is 15.9. The van der Waals surface area contributed by atoms with E-state index in [1.807, 2.05) is 0 Å². The van der Waals surface area contributed by atoms with Crippen molar-refractivity contribution >= 4 is 11.9 Å². The fraction of sp³-hybridized carbons (Fsp3) is 0.333. The third-order valence-electron chi connectivity index (χ3n) is 2.56. The molecule has 0 aromatic heterocycles. The van der Waals surface area contributed by atoms with Gasteiger partial charge in [-0.2, -0.15) is 0 Å². The molecule has 0 fully saturated rings. The van der Waals surface area contributed by atoms with Crippen LogP contribution in [0.5, 0.6) is 0 Å². The fourth-order valence-corrected chi connectivity index (χ4v) is 1.50. The Morgan fingerprint density at radius 1 is 1.15 bits per heavy atom. The second-order valence-electron chi connectivity index (χ2n) is 4.07. The second kappa shape index (κ2) is 6.36. The van der Waals surface area contributed by atoms with Crippen molar-refractivity contribution in [3.8, 4) is 0 Å². The van der Waals surface area contributed by atoms with E-state index in [1.165, 1.54) is 7.05 Å². The quantitative estimate of drug-likeness (QED) is 0.514. The number of carbonyl (C=O) groups excluding carboxylic acids is 1. The normalized spacial score (nSPS) is 10.4. The highest BCUT2D eigenvalue weighted by molar-refractivity contribution is 5.94. The van der Waals surface area contributed by atoms with Crippen molar-refractivity contribution in [2.24, 2.45) is 0 Å². The van der Waals surface area contributed by atoms with Crippen LogP contribution in [-0.4, -0.2) is 35.5 Å². The fourth-order valence-electron chi connectivity index (χ4n) is 1.50. The van der Waals surface area contributed by atoms with Gasteiger partial charge in [-0.05, 0) is 12.5 Å². The second-order valence-corrected chi connectivity index (χ2v) is 4.07. The van der Waals surface area contributed by atoms with Crippen molar-refractivity contribution in [2.45, 2.75) is 12.8 Å². The van der Waals surface area contributed by atoms with Crippen LogP contribution >= 0.6 is 0 Å². The highest BCUT2D eigenvalue weighted by Gasteiger charge is 2.24. The predicted octanol–water partition coefficient (Wildman–Crippen LogP) is 2.18. The van der Waals surface area contributed by atoms with Crippen molar-refractivity contribution in [1.82, 2.24) is 4.90 Å². The maximum absolute atomic E-state index is 13.4. The molecule has 0 aliphatic heterocycles. The van der Waals surface area contributed by atoms with Gasteiger partial charge in [-0.1, -0.05) is 0 Å². The summed E-state index contributed by atoms with van der Waals surface area (Å²) in [5.74, 6) is -9.65. The predicted molar refractivity (Wildman–Crippen MR) is 60.1 cm³/mol. The van der Waals surface area contributed by atoms with E-state index in [9.17, 15) is 27.2 Å². The molecule has 0 saturated heterocycles. The molecule has 0 atom stereocenters. The number of carboxylic acids is 1. The maximum Gasteiger partial charge on any atom is 0.303 e. The molecular weight excluding hydrogens is 282 g/mol. The first-order valence-corrected chi connectivity index (χ1v) is 5.56. The minimum absolute atomic E-state index is 0.0504. The molecule has 20 heavy (non-hydrogen) atoms. The molecule has 0 aliphatic carbocycles. The molecular formula is C12H11F4NO3.